The van der Waals surface area contributed by atoms with E-state index in [0.29, 0.717) is 56.8 Å². The molecule has 1 aromatic carbocycles. The number of hydrogen-bond donors (Lipinski definition) is 1. The highest BCUT2D eigenvalue weighted by atomic mass is 32.2. The van der Waals surface area contributed by atoms with E-state index in [1.54, 1.807) is 24.5 Å². The summed E-state index contributed by atoms with van der Waals surface area (Å²) in [6.07, 6.45) is 4.69. The van der Waals surface area contributed by atoms with Gasteiger partial charge in [0.1, 0.15) is 0 Å². The lowest BCUT2D eigenvalue weighted by Gasteiger charge is -2.27. The van der Waals surface area contributed by atoms with Gasteiger partial charge < -0.3 is 10.1 Å². The van der Waals surface area contributed by atoms with Gasteiger partial charge in [-0.2, -0.15) is 4.31 Å². The minimum Gasteiger partial charge on any atom is -0.379 e. The highest BCUT2D eigenvalue weighted by molar-refractivity contribution is 7.89. The van der Waals surface area contributed by atoms with Crippen molar-refractivity contribution in [1.82, 2.24) is 14.6 Å². The summed E-state index contributed by atoms with van der Waals surface area (Å²) in [7, 11) is -3.66. The number of carbonyl (C=O) groups excluding carboxylic acids is 1. The standard InChI is InChI=1S/C20H25N3O4S/c1-2-17-5-6-18(20(24)22-9-7-16-4-3-8-21-15-16)14-19(17)28(25,26)23-10-12-27-13-11-23/h3-6,8,14-15H,2,7,9-13H2,1H3,(H,22,24). The van der Waals surface area contributed by atoms with Crippen LogP contribution in [0.5, 0.6) is 0 Å². The van der Waals surface area contributed by atoms with E-state index in [-0.39, 0.29) is 10.8 Å². The van der Waals surface area contributed by atoms with Crippen LogP contribution < -0.4 is 5.32 Å². The van der Waals surface area contributed by atoms with Gasteiger partial charge in [0, 0.05) is 37.6 Å². The number of ether oxygens (including phenoxy) is 1. The van der Waals surface area contributed by atoms with Crippen molar-refractivity contribution < 1.29 is 17.9 Å². The van der Waals surface area contributed by atoms with Crippen molar-refractivity contribution in [3.05, 3.63) is 59.4 Å². The number of aromatic nitrogens is 1. The Labute approximate surface area is 165 Å². The van der Waals surface area contributed by atoms with Crippen LogP contribution in [-0.2, 0) is 27.6 Å². The zero-order valence-corrected chi connectivity index (χ0v) is 16.7. The van der Waals surface area contributed by atoms with Crippen LogP contribution in [0, 0.1) is 0 Å². The maximum atomic E-state index is 13.1. The summed E-state index contributed by atoms with van der Waals surface area (Å²) in [5.41, 5.74) is 2.08. The molecule has 3 rings (SSSR count). The first kappa shape index (κ1) is 20.4. The zero-order chi connectivity index (χ0) is 20.0. The second kappa shape index (κ2) is 9.27. The third kappa shape index (κ3) is 4.76. The third-order valence-corrected chi connectivity index (χ3v) is 6.70. The number of pyridine rings is 1. The average Bonchev–Trinajstić information content (AvgIpc) is 2.74. The van der Waals surface area contributed by atoms with Gasteiger partial charge >= 0.3 is 0 Å². The van der Waals surface area contributed by atoms with Crippen molar-refractivity contribution in [3.63, 3.8) is 0 Å². The number of benzene rings is 1. The van der Waals surface area contributed by atoms with Crippen LogP contribution >= 0.6 is 0 Å². The Bertz CT molecular complexity index is 910. The smallest absolute Gasteiger partial charge is 0.251 e. The lowest BCUT2D eigenvalue weighted by molar-refractivity contribution is 0.0730. The molecule has 1 saturated heterocycles. The third-order valence-electron chi connectivity index (χ3n) is 4.72. The van der Waals surface area contributed by atoms with Crippen LogP contribution in [0.15, 0.2) is 47.6 Å². The van der Waals surface area contributed by atoms with Crippen molar-refractivity contribution >= 4 is 15.9 Å². The largest absolute Gasteiger partial charge is 0.379 e. The fourth-order valence-corrected chi connectivity index (χ4v) is 4.85. The quantitative estimate of drug-likeness (QED) is 0.759. The van der Waals surface area contributed by atoms with Gasteiger partial charge in [0.05, 0.1) is 18.1 Å². The van der Waals surface area contributed by atoms with Crippen LogP contribution in [0.3, 0.4) is 0 Å². The fourth-order valence-electron chi connectivity index (χ4n) is 3.12. The maximum absolute atomic E-state index is 13.1. The van der Waals surface area contributed by atoms with Gasteiger partial charge in [0.2, 0.25) is 10.0 Å². The van der Waals surface area contributed by atoms with E-state index in [4.69, 9.17) is 4.74 Å². The Morgan fingerprint density at radius 3 is 2.71 bits per heavy atom. The van der Waals surface area contributed by atoms with Crippen LogP contribution in [0.1, 0.15) is 28.4 Å². The highest BCUT2D eigenvalue weighted by Crippen LogP contribution is 2.23. The molecule has 0 atom stereocenters. The number of morpholine rings is 1. The molecule has 2 aromatic rings. The van der Waals surface area contributed by atoms with Gasteiger partial charge in [-0.05, 0) is 42.2 Å². The molecule has 2 heterocycles. The Kier molecular flexibility index (Phi) is 6.77. The summed E-state index contributed by atoms with van der Waals surface area (Å²) in [6, 6.07) is 8.69. The van der Waals surface area contributed by atoms with Gasteiger partial charge in [0.15, 0.2) is 0 Å². The first-order valence-corrected chi connectivity index (χ1v) is 10.8. The Morgan fingerprint density at radius 2 is 2.04 bits per heavy atom. The number of rotatable bonds is 7. The number of sulfonamides is 1. The number of carbonyl (C=O) groups is 1. The molecule has 1 fully saturated rings. The van der Waals surface area contributed by atoms with E-state index >= 15 is 0 Å². The average molecular weight is 404 g/mol. The SMILES string of the molecule is CCc1ccc(C(=O)NCCc2cccnc2)cc1S(=O)(=O)N1CCOCC1. The molecule has 150 valence electrons. The highest BCUT2D eigenvalue weighted by Gasteiger charge is 2.29. The van der Waals surface area contributed by atoms with Gasteiger partial charge in [-0.25, -0.2) is 8.42 Å². The van der Waals surface area contributed by atoms with E-state index in [1.165, 1.54) is 10.4 Å². The molecule has 0 saturated carbocycles. The molecule has 0 spiro atoms. The van der Waals surface area contributed by atoms with Gasteiger partial charge in [-0.15, -0.1) is 0 Å². The summed E-state index contributed by atoms with van der Waals surface area (Å²) >= 11 is 0. The molecule has 0 bridgehead atoms. The molecule has 1 aliphatic rings. The van der Waals surface area contributed by atoms with Gasteiger partial charge in [-0.3, -0.25) is 9.78 Å². The number of hydrogen-bond acceptors (Lipinski definition) is 5. The predicted molar refractivity (Wildman–Crippen MR) is 106 cm³/mol. The summed E-state index contributed by atoms with van der Waals surface area (Å²) < 4.78 is 32.8. The lowest BCUT2D eigenvalue weighted by Crippen LogP contribution is -2.41. The van der Waals surface area contributed by atoms with Crippen molar-refractivity contribution in [2.45, 2.75) is 24.7 Å². The Morgan fingerprint density at radius 1 is 1.25 bits per heavy atom. The molecular weight excluding hydrogens is 378 g/mol. The first-order chi connectivity index (χ1) is 13.5. The van der Waals surface area contributed by atoms with Gasteiger partial charge in [0.25, 0.3) is 5.91 Å². The van der Waals surface area contributed by atoms with Crippen LogP contribution in [0.25, 0.3) is 0 Å². The van der Waals surface area contributed by atoms with E-state index in [1.807, 2.05) is 19.1 Å². The van der Waals surface area contributed by atoms with Crippen molar-refractivity contribution in [1.29, 1.82) is 0 Å². The molecule has 28 heavy (non-hydrogen) atoms. The first-order valence-electron chi connectivity index (χ1n) is 9.40. The van der Waals surface area contributed by atoms with Gasteiger partial charge in [-0.1, -0.05) is 19.1 Å². The summed E-state index contributed by atoms with van der Waals surface area (Å²) in [5.74, 6) is -0.287. The summed E-state index contributed by atoms with van der Waals surface area (Å²) in [5, 5.41) is 2.85. The number of aryl methyl sites for hydroxylation is 1. The number of nitrogens with one attached hydrogen (secondary N) is 1. The van der Waals surface area contributed by atoms with Crippen molar-refractivity contribution in [2.24, 2.45) is 0 Å². The minimum atomic E-state index is -3.66. The molecule has 0 aliphatic carbocycles. The number of nitrogens with zero attached hydrogens (tertiary/aromatic N) is 2. The maximum Gasteiger partial charge on any atom is 0.251 e. The normalized spacial score (nSPS) is 15.3. The molecule has 1 aromatic heterocycles. The van der Waals surface area contributed by atoms with E-state index in [9.17, 15) is 13.2 Å². The van der Waals surface area contributed by atoms with E-state index in [2.05, 4.69) is 10.3 Å². The van der Waals surface area contributed by atoms with Crippen LogP contribution in [0.2, 0.25) is 0 Å². The van der Waals surface area contributed by atoms with Crippen LogP contribution in [-0.4, -0.2) is 56.5 Å². The molecule has 1 aliphatic heterocycles. The topological polar surface area (TPSA) is 88.6 Å². The lowest BCUT2D eigenvalue weighted by atomic mass is 10.1. The van der Waals surface area contributed by atoms with Crippen molar-refractivity contribution in [3.8, 4) is 0 Å². The van der Waals surface area contributed by atoms with E-state index < -0.39 is 10.0 Å². The fraction of sp³-hybridized carbons (Fsp3) is 0.400. The second-order valence-corrected chi connectivity index (χ2v) is 8.47. The molecule has 8 heteroatoms. The monoisotopic (exact) mass is 403 g/mol. The van der Waals surface area contributed by atoms with Crippen LogP contribution in [0.4, 0.5) is 0 Å². The summed E-state index contributed by atoms with van der Waals surface area (Å²) in [6.45, 7) is 3.78. The zero-order valence-electron chi connectivity index (χ0n) is 15.9. The molecule has 0 unspecified atom stereocenters. The molecule has 1 amide bonds. The summed E-state index contributed by atoms with van der Waals surface area (Å²) in [4.78, 5) is 16.8. The second-order valence-electron chi connectivity index (χ2n) is 6.56. The molecular formula is C20H25N3O4S. The molecule has 1 N–H and O–H groups in total. The molecule has 7 nitrogen and oxygen atoms in total. The minimum absolute atomic E-state index is 0.205. The van der Waals surface area contributed by atoms with Crippen molar-refractivity contribution in [2.75, 3.05) is 32.8 Å². The Hall–Kier alpha value is -2.29. The Balaban J connectivity index is 1.75. The predicted octanol–water partition coefficient (Wildman–Crippen LogP) is 1.64. The number of amides is 1. The molecule has 0 radical (unpaired) electrons. The van der Waals surface area contributed by atoms with E-state index in [0.717, 1.165) is 5.56 Å².